The predicted molar refractivity (Wildman–Crippen MR) is 96.9 cm³/mol. The molecule has 0 aromatic carbocycles. The van der Waals surface area contributed by atoms with E-state index in [1.54, 1.807) is 0 Å². The second-order valence-corrected chi connectivity index (χ2v) is 5.64. The fourth-order valence-corrected chi connectivity index (χ4v) is 2.97. The van der Waals surface area contributed by atoms with E-state index in [1.807, 2.05) is 7.05 Å². The smallest absolute Gasteiger partial charge is 0.191 e. The number of piperidine rings is 1. The highest BCUT2D eigenvalue weighted by Gasteiger charge is 2.19. The molecule has 0 amide bonds. The van der Waals surface area contributed by atoms with Crippen LogP contribution in [0, 0.1) is 5.92 Å². The van der Waals surface area contributed by atoms with Crippen LogP contribution in [0.3, 0.4) is 0 Å². The molecule has 1 fully saturated rings. The van der Waals surface area contributed by atoms with Crippen molar-refractivity contribution in [1.82, 2.24) is 15.5 Å². The standard InChI is InChI=1S/C15H28N4.HI/c1-3-19-10-6-7-13(12-19)11-17-15(16-2)18-14-8-4-5-9-14;/h4-5,13-14H,3,6-12H2,1-2H3,(H2,16,17,18);1H. The van der Waals surface area contributed by atoms with Gasteiger partial charge in [0.1, 0.15) is 0 Å². The Morgan fingerprint density at radius 2 is 2.10 bits per heavy atom. The topological polar surface area (TPSA) is 39.7 Å². The molecule has 0 saturated carbocycles. The summed E-state index contributed by atoms with van der Waals surface area (Å²) in [6, 6.07) is 0.532. The quantitative estimate of drug-likeness (QED) is 0.334. The molecule has 0 aromatic rings. The summed E-state index contributed by atoms with van der Waals surface area (Å²) in [5, 5.41) is 6.99. The zero-order chi connectivity index (χ0) is 13.5. The fourth-order valence-electron chi connectivity index (χ4n) is 2.97. The molecule has 1 unspecified atom stereocenters. The van der Waals surface area contributed by atoms with Gasteiger partial charge in [0.25, 0.3) is 0 Å². The van der Waals surface area contributed by atoms with Crippen LogP contribution in [-0.2, 0) is 0 Å². The van der Waals surface area contributed by atoms with E-state index in [4.69, 9.17) is 0 Å². The zero-order valence-electron chi connectivity index (χ0n) is 12.8. The van der Waals surface area contributed by atoms with Crippen LogP contribution in [0.15, 0.2) is 17.1 Å². The molecule has 1 heterocycles. The van der Waals surface area contributed by atoms with Crippen LogP contribution in [-0.4, -0.2) is 50.1 Å². The predicted octanol–water partition coefficient (Wildman–Crippen LogP) is 2.22. The van der Waals surface area contributed by atoms with Gasteiger partial charge >= 0.3 is 0 Å². The molecule has 116 valence electrons. The Morgan fingerprint density at radius 3 is 2.75 bits per heavy atom. The lowest BCUT2D eigenvalue weighted by Gasteiger charge is -2.32. The molecule has 20 heavy (non-hydrogen) atoms. The Bertz CT molecular complexity index is 322. The van der Waals surface area contributed by atoms with Gasteiger partial charge in [-0.25, -0.2) is 0 Å². The fraction of sp³-hybridized carbons (Fsp3) is 0.800. The first kappa shape index (κ1) is 17.8. The minimum atomic E-state index is 0. The molecule has 2 N–H and O–H groups in total. The van der Waals surface area contributed by atoms with Crippen molar-refractivity contribution in [1.29, 1.82) is 0 Å². The number of guanidine groups is 1. The first-order chi connectivity index (χ1) is 9.31. The summed E-state index contributed by atoms with van der Waals surface area (Å²) in [7, 11) is 1.86. The Hall–Kier alpha value is -0.300. The monoisotopic (exact) mass is 392 g/mol. The second-order valence-electron chi connectivity index (χ2n) is 5.64. The van der Waals surface area contributed by atoms with Crippen LogP contribution in [0.2, 0.25) is 0 Å². The van der Waals surface area contributed by atoms with E-state index in [9.17, 15) is 0 Å². The van der Waals surface area contributed by atoms with Gasteiger partial charge < -0.3 is 15.5 Å². The number of halogens is 1. The summed E-state index contributed by atoms with van der Waals surface area (Å²) in [4.78, 5) is 6.88. The molecule has 2 aliphatic rings. The Kier molecular flexibility index (Phi) is 8.52. The first-order valence-corrected chi connectivity index (χ1v) is 7.66. The van der Waals surface area contributed by atoms with Gasteiger partial charge in [-0.1, -0.05) is 19.1 Å². The minimum absolute atomic E-state index is 0. The maximum absolute atomic E-state index is 4.33. The van der Waals surface area contributed by atoms with Crippen LogP contribution < -0.4 is 10.6 Å². The average molecular weight is 392 g/mol. The van der Waals surface area contributed by atoms with Crippen molar-refractivity contribution in [3.05, 3.63) is 12.2 Å². The van der Waals surface area contributed by atoms with Gasteiger partial charge in [-0.15, -0.1) is 24.0 Å². The lowest BCUT2D eigenvalue weighted by atomic mass is 9.98. The normalized spacial score (nSPS) is 24.5. The van der Waals surface area contributed by atoms with Gasteiger partial charge in [0.05, 0.1) is 0 Å². The van der Waals surface area contributed by atoms with E-state index in [2.05, 4.69) is 39.6 Å². The highest BCUT2D eigenvalue weighted by Crippen LogP contribution is 2.15. The summed E-state index contributed by atoms with van der Waals surface area (Å²) in [5.41, 5.74) is 0. The van der Waals surface area contributed by atoms with E-state index in [0.717, 1.165) is 31.3 Å². The van der Waals surface area contributed by atoms with Crippen LogP contribution >= 0.6 is 24.0 Å². The van der Waals surface area contributed by atoms with Gasteiger partial charge in [0, 0.05) is 26.2 Å². The molecule has 1 atom stereocenters. The maximum Gasteiger partial charge on any atom is 0.191 e. The molecule has 0 aromatic heterocycles. The van der Waals surface area contributed by atoms with Gasteiger partial charge in [-0.05, 0) is 44.7 Å². The Labute approximate surface area is 140 Å². The Morgan fingerprint density at radius 1 is 1.35 bits per heavy atom. The van der Waals surface area contributed by atoms with Crippen molar-refractivity contribution < 1.29 is 0 Å². The highest BCUT2D eigenvalue weighted by atomic mass is 127. The SMILES string of the molecule is CCN1CCCC(CNC(=NC)NC2CC=CC2)C1.I. The average Bonchev–Trinajstić information content (AvgIpc) is 2.96. The number of rotatable bonds is 4. The van der Waals surface area contributed by atoms with E-state index in [0.29, 0.717) is 6.04 Å². The second kappa shape index (κ2) is 9.60. The number of aliphatic imine (C=N–C) groups is 1. The summed E-state index contributed by atoms with van der Waals surface area (Å²) in [6.45, 7) is 6.97. The van der Waals surface area contributed by atoms with Crippen molar-refractivity contribution in [3.63, 3.8) is 0 Å². The van der Waals surface area contributed by atoms with E-state index in [-0.39, 0.29) is 24.0 Å². The molecule has 5 heteroatoms. The van der Waals surface area contributed by atoms with E-state index < -0.39 is 0 Å². The number of hydrogen-bond donors (Lipinski definition) is 2. The number of nitrogens with one attached hydrogen (secondary N) is 2. The lowest BCUT2D eigenvalue weighted by Crippen LogP contribution is -2.46. The first-order valence-electron chi connectivity index (χ1n) is 7.66. The summed E-state index contributed by atoms with van der Waals surface area (Å²) < 4.78 is 0. The highest BCUT2D eigenvalue weighted by molar-refractivity contribution is 14.0. The number of hydrogen-bond acceptors (Lipinski definition) is 2. The largest absolute Gasteiger partial charge is 0.356 e. The molecule has 0 bridgehead atoms. The van der Waals surface area contributed by atoms with Crippen molar-refractivity contribution in [3.8, 4) is 0 Å². The van der Waals surface area contributed by atoms with Crippen molar-refractivity contribution in [2.45, 2.75) is 38.6 Å². The molecular formula is C15H29IN4. The Balaban J connectivity index is 0.00000200. The van der Waals surface area contributed by atoms with Gasteiger partial charge in [-0.2, -0.15) is 0 Å². The molecule has 0 radical (unpaired) electrons. The number of nitrogens with zero attached hydrogens (tertiary/aromatic N) is 2. The van der Waals surface area contributed by atoms with Crippen molar-refractivity contribution in [2.75, 3.05) is 33.2 Å². The molecule has 0 spiro atoms. The van der Waals surface area contributed by atoms with Gasteiger partial charge in [-0.3, -0.25) is 4.99 Å². The third kappa shape index (κ3) is 5.60. The van der Waals surface area contributed by atoms with Crippen LogP contribution in [0.1, 0.15) is 32.6 Å². The third-order valence-electron chi connectivity index (χ3n) is 4.18. The van der Waals surface area contributed by atoms with Crippen molar-refractivity contribution in [2.24, 2.45) is 10.9 Å². The lowest BCUT2D eigenvalue weighted by molar-refractivity contribution is 0.183. The maximum atomic E-state index is 4.33. The molecular weight excluding hydrogens is 363 g/mol. The molecule has 2 rings (SSSR count). The summed E-state index contributed by atoms with van der Waals surface area (Å²) in [5.74, 6) is 1.72. The number of likely N-dealkylation sites (tertiary alicyclic amines) is 1. The van der Waals surface area contributed by atoms with Crippen LogP contribution in [0.5, 0.6) is 0 Å². The summed E-state index contributed by atoms with van der Waals surface area (Å²) in [6.07, 6.45) is 9.39. The summed E-state index contributed by atoms with van der Waals surface area (Å²) >= 11 is 0. The zero-order valence-corrected chi connectivity index (χ0v) is 15.1. The third-order valence-corrected chi connectivity index (χ3v) is 4.18. The molecule has 4 nitrogen and oxygen atoms in total. The van der Waals surface area contributed by atoms with Crippen LogP contribution in [0.4, 0.5) is 0 Å². The van der Waals surface area contributed by atoms with Crippen molar-refractivity contribution >= 4 is 29.9 Å². The van der Waals surface area contributed by atoms with E-state index >= 15 is 0 Å². The molecule has 1 aliphatic heterocycles. The van der Waals surface area contributed by atoms with Crippen LogP contribution in [0.25, 0.3) is 0 Å². The minimum Gasteiger partial charge on any atom is -0.356 e. The van der Waals surface area contributed by atoms with E-state index in [1.165, 1.54) is 32.5 Å². The van der Waals surface area contributed by atoms with Gasteiger partial charge in [0.15, 0.2) is 5.96 Å². The molecule has 1 saturated heterocycles. The van der Waals surface area contributed by atoms with Gasteiger partial charge in [0.2, 0.25) is 0 Å². The molecule has 1 aliphatic carbocycles.